The Morgan fingerprint density at radius 2 is 1.30 bits per heavy atom. The monoisotopic (exact) mass is 582 g/mol. The Labute approximate surface area is 261 Å². The maximum absolute atomic E-state index is 10.2. The minimum atomic E-state index is -0.294. The van der Waals surface area contributed by atoms with E-state index in [2.05, 4.69) is 135 Å². The maximum Gasteiger partial charge on any atom is 0.121 e. The average Bonchev–Trinajstić information content (AvgIpc) is 3.49. The Balaban J connectivity index is 1.51. The fraction of sp³-hybridized carbons (Fsp3) is 0.500. The first-order valence-corrected chi connectivity index (χ1v) is 15.7. The van der Waals surface area contributed by atoms with Crippen molar-refractivity contribution in [2.75, 3.05) is 0 Å². The zero-order valence-corrected chi connectivity index (χ0v) is 28.2. The summed E-state index contributed by atoms with van der Waals surface area (Å²) in [6.45, 7) is 21.2. The van der Waals surface area contributed by atoms with Crippen molar-refractivity contribution < 1.29 is 14.9 Å². The van der Waals surface area contributed by atoms with Gasteiger partial charge in [-0.1, -0.05) is 129 Å². The van der Waals surface area contributed by atoms with Gasteiger partial charge in [0.2, 0.25) is 0 Å². The van der Waals surface area contributed by atoms with Crippen molar-refractivity contribution in [3.63, 3.8) is 0 Å². The van der Waals surface area contributed by atoms with Crippen LogP contribution < -0.4 is 0 Å². The third-order valence-corrected chi connectivity index (χ3v) is 9.12. The number of fused-ring (bicyclic) bond motifs is 1. The van der Waals surface area contributed by atoms with Crippen LogP contribution in [0, 0.1) is 22.7 Å². The number of epoxide rings is 1. The van der Waals surface area contributed by atoms with E-state index >= 15 is 0 Å². The standard InChI is InChI=1S/C40H54O3/c1-29(17-13-19-31(3)21-22-36-33(5)25-34(41)26-37(36,6)7)15-11-12-16-30(2)18-14-20-32(4)23-24-40-38(8,9)27-35(42)28-39(40,10)43-40/h11-20,23-24,34-35,41-42H,25-28H2,1-10H3/b12-11+,17-13+,18-14+,24-23+,29-15+,30-16+,31-19+,32-20+/t34-,35+,39?,40+/m1/s1. The van der Waals surface area contributed by atoms with Crippen LogP contribution in [0.3, 0.4) is 0 Å². The summed E-state index contributed by atoms with van der Waals surface area (Å²) < 4.78 is 6.24. The molecule has 3 nitrogen and oxygen atoms in total. The van der Waals surface area contributed by atoms with Crippen LogP contribution in [-0.4, -0.2) is 33.6 Å². The molecule has 0 radical (unpaired) electrons. The van der Waals surface area contributed by atoms with E-state index in [0.717, 1.165) is 30.4 Å². The summed E-state index contributed by atoms with van der Waals surface area (Å²) in [6, 6.07) is 0. The lowest BCUT2D eigenvalue weighted by Gasteiger charge is -2.39. The minimum Gasteiger partial charge on any atom is -0.393 e. The van der Waals surface area contributed by atoms with Gasteiger partial charge in [0, 0.05) is 22.8 Å². The molecule has 1 saturated carbocycles. The average molecular weight is 583 g/mol. The topological polar surface area (TPSA) is 53.0 Å². The van der Waals surface area contributed by atoms with Crippen LogP contribution in [0.4, 0.5) is 0 Å². The Morgan fingerprint density at radius 1 is 0.744 bits per heavy atom. The third-order valence-electron chi connectivity index (χ3n) is 9.12. The number of hydrogen-bond donors (Lipinski definition) is 2. The molecule has 1 aliphatic heterocycles. The van der Waals surface area contributed by atoms with Gasteiger partial charge in [-0.2, -0.15) is 0 Å². The van der Waals surface area contributed by atoms with Crippen LogP contribution in [0.2, 0.25) is 0 Å². The molecule has 0 amide bonds. The van der Waals surface area contributed by atoms with Gasteiger partial charge in [0.15, 0.2) is 0 Å². The number of aliphatic hydroxyl groups is 2. The molecule has 3 heteroatoms. The maximum atomic E-state index is 10.2. The molecule has 3 rings (SSSR count). The highest BCUT2D eigenvalue weighted by atomic mass is 16.6. The van der Waals surface area contributed by atoms with E-state index in [1.165, 1.54) is 22.3 Å². The molecule has 2 N–H and O–H groups in total. The number of allylic oxidation sites excluding steroid dienone is 16. The highest BCUT2D eigenvalue weighted by Crippen LogP contribution is 2.66. The summed E-state index contributed by atoms with van der Waals surface area (Å²) in [6.07, 6.45) is 27.5. The Kier molecular flexibility index (Phi) is 11.1. The lowest BCUT2D eigenvalue weighted by molar-refractivity contribution is 0.0515. The Hall–Kier alpha value is -2.90. The van der Waals surface area contributed by atoms with Gasteiger partial charge in [-0.3, -0.25) is 0 Å². The molecular weight excluding hydrogens is 528 g/mol. The van der Waals surface area contributed by atoms with Gasteiger partial charge in [0.1, 0.15) is 11.2 Å². The molecule has 0 bridgehead atoms. The molecule has 0 aromatic carbocycles. The predicted octanol–water partition coefficient (Wildman–Crippen LogP) is 9.21. The van der Waals surface area contributed by atoms with Crippen molar-refractivity contribution in [2.45, 2.75) is 118 Å². The molecule has 1 unspecified atom stereocenters. The number of rotatable bonds is 8. The van der Waals surface area contributed by atoms with E-state index in [-0.39, 0.29) is 34.2 Å². The smallest absolute Gasteiger partial charge is 0.121 e. The molecule has 43 heavy (non-hydrogen) atoms. The molecule has 232 valence electrons. The van der Waals surface area contributed by atoms with Crippen molar-refractivity contribution >= 4 is 0 Å². The number of ether oxygens (including phenoxy) is 1. The van der Waals surface area contributed by atoms with Crippen molar-refractivity contribution in [1.29, 1.82) is 0 Å². The van der Waals surface area contributed by atoms with Crippen LogP contribution in [0.5, 0.6) is 0 Å². The predicted molar refractivity (Wildman–Crippen MR) is 182 cm³/mol. The van der Waals surface area contributed by atoms with Gasteiger partial charge in [-0.15, -0.1) is 0 Å². The fourth-order valence-corrected chi connectivity index (χ4v) is 6.88. The first-order valence-electron chi connectivity index (χ1n) is 15.7. The van der Waals surface area contributed by atoms with Gasteiger partial charge >= 0.3 is 0 Å². The van der Waals surface area contributed by atoms with E-state index in [4.69, 9.17) is 4.74 Å². The molecule has 0 aromatic rings. The van der Waals surface area contributed by atoms with Gasteiger partial charge in [-0.05, 0) is 72.5 Å². The molecule has 2 aliphatic carbocycles. The summed E-state index contributed by atoms with van der Waals surface area (Å²) in [5.41, 5.74) is 6.13. The first-order chi connectivity index (χ1) is 20.0. The highest BCUT2D eigenvalue weighted by molar-refractivity contribution is 5.45. The van der Waals surface area contributed by atoms with E-state index in [1.807, 2.05) is 19.1 Å². The lowest BCUT2D eigenvalue weighted by atomic mass is 9.63. The largest absolute Gasteiger partial charge is 0.393 e. The molecule has 4 atom stereocenters. The van der Waals surface area contributed by atoms with Crippen molar-refractivity contribution in [2.24, 2.45) is 10.8 Å². The summed E-state index contributed by atoms with van der Waals surface area (Å²) in [5.74, 6) is 6.68. The van der Waals surface area contributed by atoms with E-state index < -0.39 is 0 Å². The van der Waals surface area contributed by atoms with Crippen LogP contribution in [0.1, 0.15) is 94.9 Å². The van der Waals surface area contributed by atoms with Crippen LogP contribution in [0.15, 0.2) is 106 Å². The van der Waals surface area contributed by atoms with Crippen molar-refractivity contribution in [3.8, 4) is 11.8 Å². The second-order valence-electron chi connectivity index (χ2n) is 14.4. The summed E-state index contributed by atoms with van der Waals surface area (Å²) in [5, 5.41) is 20.3. The van der Waals surface area contributed by atoms with Gasteiger partial charge < -0.3 is 14.9 Å². The summed E-state index contributed by atoms with van der Waals surface area (Å²) in [4.78, 5) is 0. The van der Waals surface area contributed by atoms with Crippen molar-refractivity contribution in [1.82, 2.24) is 0 Å². The number of aliphatic hydroxyl groups excluding tert-OH is 2. The normalized spacial score (nSPS) is 31.7. The van der Waals surface area contributed by atoms with Crippen LogP contribution in [0.25, 0.3) is 0 Å². The van der Waals surface area contributed by atoms with E-state index in [0.29, 0.717) is 6.42 Å². The van der Waals surface area contributed by atoms with Gasteiger partial charge in [0.05, 0.1) is 12.2 Å². The van der Waals surface area contributed by atoms with E-state index in [1.54, 1.807) is 0 Å². The molecule has 1 heterocycles. The summed E-state index contributed by atoms with van der Waals surface area (Å²) >= 11 is 0. The second-order valence-corrected chi connectivity index (χ2v) is 14.4. The van der Waals surface area contributed by atoms with Crippen LogP contribution >= 0.6 is 0 Å². The quantitative estimate of drug-likeness (QED) is 0.170. The lowest BCUT2D eigenvalue weighted by Crippen LogP contribution is -2.46. The second kappa shape index (κ2) is 13.8. The van der Waals surface area contributed by atoms with Gasteiger partial charge in [0.25, 0.3) is 0 Å². The molecule has 3 aliphatic rings. The molecule has 1 saturated heterocycles. The Bertz CT molecular complexity index is 1390. The SMILES string of the molecule is CC1=C(C#C/C(C)=C/C=C/C(C)=C/C=C/C=C(C)/C=C/C=C(C)/C=C/[C@@]23OC2(C)C[C@@H](O)CC3(C)C)C(C)(C)C[C@H](O)C1. The van der Waals surface area contributed by atoms with Crippen LogP contribution in [-0.2, 0) is 4.74 Å². The third kappa shape index (κ3) is 8.82. The zero-order valence-electron chi connectivity index (χ0n) is 28.2. The molecule has 2 fully saturated rings. The van der Waals surface area contributed by atoms with Crippen molar-refractivity contribution in [3.05, 3.63) is 106 Å². The Morgan fingerprint density at radius 3 is 1.88 bits per heavy atom. The first kappa shape index (κ1) is 34.6. The number of hydrogen-bond acceptors (Lipinski definition) is 3. The molecular formula is C40H54O3. The molecule has 0 spiro atoms. The fourth-order valence-electron chi connectivity index (χ4n) is 6.88. The molecule has 0 aromatic heterocycles. The zero-order chi connectivity index (χ0) is 32.1. The van der Waals surface area contributed by atoms with Gasteiger partial charge in [-0.25, -0.2) is 0 Å². The minimum absolute atomic E-state index is 0.0842. The highest BCUT2D eigenvalue weighted by Gasteiger charge is 2.74. The summed E-state index contributed by atoms with van der Waals surface area (Å²) in [7, 11) is 0. The van der Waals surface area contributed by atoms with E-state index in [9.17, 15) is 10.2 Å².